The Morgan fingerprint density at radius 2 is 1.82 bits per heavy atom. The fourth-order valence-corrected chi connectivity index (χ4v) is 3.52. The van der Waals surface area contributed by atoms with Gasteiger partial charge in [-0.2, -0.15) is 0 Å². The summed E-state index contributed by atoms with van der Waals surface area (Å²) in [5.74, 6) is -3.28. The van der Waals surface area contributed by atoms with Crippen LogP contribution in [-0.2, 0) is 23.9 Å². The molecular formula is C19H22FN3O5. The molecular weight excluding hydrogens is 369 g/mol. The van der Waals surface area contributed by atoms with Crippen LogP contribution < -0.4 is 10.6 Å². The lowest BCUT2D eigenvalue weighted by Gasteiger charge is -2.30. The molecule has 1 aromatic carbocycles. The molecule has 2 saturated heterocycles. The van der Waals surface area contributed by atoms with Gasteiger partial charge in [-0.15, -0.1) is 0 Å². The van der Waals surface area contributed by atoms with Crippen LogP contribution in [0.3, 0.4) is 0 Å². The molecule has 2 aliphatic rings. The Labute approximate surface area is 161 Å². The number of benzene rings is 1. The van der Waals surface area contributed by atoms with Crippen molar-refractivity contribution in [2.75, 3.05) is 31.1 Å². The number of nitrogens with two attached hydrogens (primary N) is 1. The highest BCUT2D eigenvalue weighted by atomic mass is 19.1. The number of amides is 3. The van der Waals surface area contributed by atoms with E-state index in [-0.39, 0.29) is 42.3 Å². The maximum absolute atomic E-state index is 13.9. The van der Waals surface area contributed by atoms with Gasteiger partial charge in [0.2, 0.25) is 11.8 Å². The molecule has 3 rings (SSSR count). The maximum atomic E-state index is 13.9. The number of carbonyl (C=O) groups is 4. The van der Waals surface area contributed by atoms with Crippen molar-refractivity contribution in [2.24, 2.45) is 17.6 Å². The zero-order valence-electron chi connectivity index (χ0n) is 15.3. The average molecular weight is 391 g/mol. The second-order valence-corrected chi connectivity index (χ2v) is 7.02. The lowest BCUT2D eigenvalue weighted by Crippen LogP contribution is -2.43. The van der Waals surface area contributed by atoms with Gasteiger partial charge < -0.3 is 20.3 Å². The zero-order chi connectivity index (χ0) is 20.3. The number of esters is 1. The number of anilines is 1. The highest BCUT2D eigenvalue weighted by Crippen LogP contribution is 2.28. The van der Waals surface area contributed by atoms with E-state index < -0.39 is 24.3 Å². The molecule has 0 spiro atoms. The van der Waals surface area contributed by atoms with E-state index in [1.807, 2.05) is 0 Å². The van der Waals surface area contributed by atoms with E-state index in [0.717, 1.165) is 0 Å². The molecule has 0 unspecified atom stereocenters. The van der Waals surface area contributed by atoms with Crippen LogP contribution in [0.15, 0.2) is 24.3 Å². The lowest BCUT2D eigenvalue weighted by atomic mass is 9.96. The normalized spacial score (nSPS) is 20.3. The van der Waals surface area contributed by atoms with Gasteiger partial charge in [-0.05, 0) is 25.0 Å². The summed E-state index contributed by atoms with van der Waals surface area (Å²) in [6, 6.07) is 5.84. The third-order valence-corrected chi connectivity index (χ3v) is 5.19. The van der Waals surface area contributed by atoms with Crippen LogP contribution in [0, 0.1) is 17.7 Å². The minimum absolute atomic E-state index is 0.0107. The summed E-state index contributed by atoms with van der Waals surface area (Å²) in [6.07, 6.45) is 0.888. The van der Waals surface area contributed by atoms with E-state index in [2.05, 4.69) is 0 Å². The van der Waals surface area contributed by atoms with Crippen molar-refractivity contribution in [3.63, 3.8) is 0 Å². The smallest absolute Gasteiger partial charge is 0.311 e. The predicted molar refractivity (Wildman–Crippen MR) is 96.3 cm³/mol. The molecule has 0 aliphatic carbocycles. The molecule has 0 saturated carbocycles. The number of nitrogens with zero attached hydrogens (tertiary/aromatic N) is 2. The Morgan fingerprint density at radius 1 is 1.14 bits per heavy atom. The van der Waals surface area contributed by atoms with Crippen LogP contribution in [-0.4, -0.2) is 54.8 Å². The molecule has 2 heterocycles. The molecule has 1 aromatic rings. The molecule has 2 aliphatic heterocycles. The van der Waals surface area contributed by atoms with Crippen molar-refractivity contribution in [3.05, 3.63) is 30.1 Å². The number of hydrogen-bond acceptors (Lipinski definition) is 5. The number of para-hydroxylation sites is 1. The van der Waals surface area contributed by atoms with Gasteiger partial charge in [0.1, 0.15) is 5.82 Å². The summed E-state index contributed by atoms with van der Waals surface area (Å²) >= 11 is 0. The van der Waals surface area contributed by atoms with Crippen LogP contribution in [0.5, 0.6) is 0 Å². The first-order valence-corrected chi connectivity index (χ1v) is 9.15. The monoisotopic (exact) mass is 391 g/mol. The van der Waals surface area contributed by atoms with E-state index >= 15 is 0 Å². The molecule has 2 N–H and O–H groups in total. The summed E-state index contributed by atoms with van der Waals surface area (Å²) < 4.78 is 19.0. The third kappa shape index (κ3) is 4.29. The van der Waals surface area contributed by atoms with Gasteiger partial charge in [0.25, 0.3) is 5.91 Å². The standard InChI is InChI=1S/C19H22FN3O5/c20-14-3-1-2-4-15(14)23-10-13(9-16(23)24)19(27)28-11-17(25)22-7-5-12(6-8-22)18(21)26/h1-4,12-13H,5-11H2,(H2,21,26)/t13-/m0/s1. The molecule has 0 aromatic heterocycles. The van der Waals surface area contributed by atoms with Crippen molar-refractivity contribution in [3.8, 4) is 0 Å². The minimum atomic E-state index is -0.750. The first-order chi connectivity index (χ1) is 13.4. The Bertz CT molecular complexity index is 792. The minimum Gasteiger partial charge on any atom is -0.455 e. The second-order valence-electron chi connectivity index (χ2n) is 7.02. The Morgan fingerprint density at radius 3 is 2.46 bits per heavy atom. The van der Waals surface area contributed by atoms with Gasteiger partial charge in [0.15, 0.2) is 6.61 Å². The lowest BCUT2D eigenvalue weighted by molar-refractivity contribution is -0.155. The fraction of sp³-hybridized carbons (Fsp3) is 0.474. The number of hydrogen-bond donors (Lipinski definition) is 1. The molecule has 2 fully saturated rings. The Balaban J connectivity index is 1.49. The summed E-state index contributed by atoms with van der Waals surface area (Å²) in [4.78, 5) is 50.5. The van der Waals surface area contributed by atoms with Gasteiger partial charge in [0, 0.05) is 32.0 Å². The van der Waals surface area contributed by atoms with Crippen molar-refractivity contribution in [1.82, 2.24) is 4.90 Å². The molecule has 28 heavy (non-hydrogen) atoms. The van der Waals surface area contributed by atoms with Gasteiger partial charge in [-0.1, -0.05) is 12.1 Å². The van der Waals surface area contributed by atoms with E-state index in [4.69, 9.17) is 10.5 Å². The summed E-state index contributed by atoms with van der Waals surface area (Å²) in [7, 11) is 0. The summed E-state index contributed by atoms with van der Waals surface area (Å²) in [5.41, 5.74) is 5.39. The number of primary amides is 1. The number of ether oxygens (including phenoxy) is 1. The molecule has 9 heteroatoms. The van der Waals surface area contributed by atoms with Crippen molar-refractivity contribution in [1.29, 1.82) is 0 Å². The predicted octanol–water partition coefficient (Wildman–Crippen LogP) is 0.446. The number of rotatable bonds is 5. The van der Waals surface area contributed by atoms with E-state index in [0.29, 0.717) is 25.9 Å². The van der Waals surface area contributed by atoms with Crippen molar-refractivity contribution in [2.45, 2.75) is 19.3 Å². The van der Waals surface area contributed by atoms with Gasteiger partial charge in [-0.25, -0.2) is 4.39 Å². The quantitative estimate of drug-likeness (QED) is 0.733. The number of halogens is 1. The summed E-state index contributed by atoms with van der Waals surface area (Å²) in [6.45, 7) is 0.348. The first kappa shape index (κ1) is 19.8. The summed E-state index contributed by atoms with van der Waals surface area (Å²) in [5, 5.41) is 0. The van der Waals surface area contributed by atoms with Gasteiger partial charge >= 0.3 is 5.97 Å². The zero-order valence-corrected chi connectivity index (χ0v) is 15.3. The topological polar surface area (TPSA) is 110 Å². The molecule has 8 nitrogen and oxygen atoms in total. The maximum Gasteiger partial charge on any atom is 0.311 e. The highest BCUT2D eigenvalue weighted by Gasteiger charge is 2.37. The van der Waals surface area contributed by atoms with E-state index in [1.54, 1.807) is 6.07 Å². The van der Waals surface area contributed by atoms with Crippen LogP contribution in [0.4, 0.5) is 10.1 Å². The molecule has 150 valence electrons. The Kier molecular flexibility index (Phi) is 5.91. The van der Waals surface area contributed by atoms with Gasteiger partial charge in [0.05, 0.1) is 11.6 Å². The van der Waals surface area contributed by atoms with E-state index in [1.165, 1.54) is 28.0 Å². The molecule has 0 bridgehead atoms. The average Bonchev–Trinajstić information content (AvgIpc) is 3.08. The molecule has 1 atom stereocenters. The van der Waals surface area contributed by atoms with Crippen LogP contribution in [0.2, 0.25) is 0 Å². The highest BCUT2D eigenvalue weighted by molar-refractivity contribution is 5.99. The van der Waals surface area contributed by atoms with Crippen LogP contribution in [0.25, 0.3) is 0 Å². The number of carbonyl (C=O) groups excluding carboxylic acids is 4. The fourth-order valence-electron chi connectivity index (χ4n) is 3.52. The Hall–Kier alpha value is -2.97. The largest absolute Gasteiger partial charge is 0.455 e. The van der Waals surface area contributed by atoms with Crippen LogP contribution in [0.1, 0.15) is 19.3 Å². The molecule has 3 amide bonds. The second kappa shape index (κ2) is 8.37. The third-order valence-electron chi connectivity index (χ3n) is 5.19. The molecule has 0 radical (unpaired) electrons. The van der Waals surface area contributed by atoms with Crippen molar-refractivity contribution >= 4 is 29.4 Å². The van der Waals surface area contributed by atoms with Gasteiger partial charge in [-0.3, -0.25) is 19.2 Å². The SMILES string of the molecule is NC(=O)C1CCN(C(=O)COC(=O)[C@H]2CC(=O)N(c3ccccc3F)C2)CC1. The first-order valence-electron chi connectivity index (χ1n) is 9.15. The number of likely N-dealkylation sites (tertiary alicyclic amines) is 1. The van der Waals surface area contributed by atoms with E-state index in [9.17, 15) is 23.6 Å². The number of piperidine rings is 1. The van der Waals surface area contributed by atoms with Crippen LogP contribution >= 0.6 is 0 Å². The van der Waals surface area contributed by atoms with Crippen molar-refractivity contribution < 1.29 is 28.3 Å².